The lowest BCUT2D eigenvalue weighted by Gasteiger charge is -2.24. The maximum absolute atomic E-state index is 12.5. The Morgan fingerprint density at radius 1 is 1.17 bits per heavy atom. The van der Waals surface area contributed by atoms with Crippen molar-refractivity contribution in [3.05, 3.63) is 23.3 Å². The van der Waals surface area contributed by atoms with Crippen LogP contribution in [0, 0.1) is 17.8 Å². The van der Waals surface area contributed by atoms with Crippen molar-refractivity contribution in [3.8, 4) is 0 Å². The molecule has 0 amide bonds. The molecule has 0 N–H and O–H groups in total. The Morgan fingerprint density at radius 2 is 1.88 bits per heavy atom. The van der Waals surface area contributed by atoms with E-state index in [1.54, 1.807) is 6.08 Å². The first-order valence-corrected chi connectivity index (χ1v) is 8.91. The second-order valence-corrected chi connectivity index (χ2v) is 7.59. The molecule has 3 atom stereocenters. The summed E-state index contributed by atoms with van der Waals surface area (Å²) in [5.74, 6) is 0.199. The number of hydrogen-bond acceptors (Lipinski definition) is 4. The van der Waals surface area contributed by atoms with Gasteiger partial charge in [0.25, 0.3) is 0 Å². The highest BCUT2D eigenvalue weighted by Crippen LogP contribution is 2.31. The molecule has 2 bridgehead atoms. The molecule has 0 saturated heterocycles. The van der Waals surface area contributed by atoms with Crippen LogP contribution >= 0.6 is 0 Å². The van der Waals surface area contributed by atoms with Crippen LogP contribution in [0.5, 0.6) is 0 Å². The number of hydrogen-bond donors (Lipinski definition) is 0. The molecule has 1 aliphatic heterocycles. The number of Topliss-reactive ketones (excluding diaryl/α,β-unsaturated/α-hetero) is 2. The smallest absolute Gasteiger partial charge is 0.334 e. The predicted octanol–water partition coefficient (Wildman–Crippen LogP) is 3.80. The molecule has 0 saturated carbocycles. The number of allylic oxidation sites excluding steroid dienone is 2. The van der Waals surface area contributed by atoms with Crippen molar-refractivity contribution in [2.75, 3.05) is 0 Å². The van der Waals surface area contributed by atoms with Gasteiger partial charge in [0.1, 0.15) is 11.9 Å². The molecule has 0 unspecified atom stereocenters. The fraction of sp³-hybridized carbons (Fsp3) is 0.650. The fourth-order valence-electron chi connectivity index (χ4n) is 3.42. The number of carbonyl (C=O) groups is 3. The van der Waals surface area contributed by atoms with Gasteiger partial charge in [0.15, 0.2) is 5.78 Å². The van der Waals surface area contributed by atoms with Gasteiger partial charge in [-0.3, -0.25) is 9.59 Å². The van der Waals surface area contributed by atoms with Gasteiger partial charge in [0, 0.05) is 30.8 Å². The molecular formula is C20H28O4. The van der Waals surface area contributed by atoms with Crippen molar-refractivity contribution in [3.63, 3.8) is 0 Å². The van der Waals surface area contributed by atoms with Gasteiger partial charge in [-0.05, 0) is 43.3 Å². The van der Waals surface area contributed by atoms with Gasteiger partial charge >= 0.3 is 5.97 Å². The van der Waals surface area contributed by atoms with E-state index in [9.17, 15) is 14.4 Å². The van der Waals surface area contributed by atoms with Crippen LogP contribution in [0.3, 0.4) is 0 Å². The predicted molar refractivity (Wildman–Crippen MR) is 92.3 cm³/mol. The van der Waals surface area contributed by atoms with Gasteiger partial charge in [-0.1, -0.05) is 26.8 Å². The standard InChI is InChI=1S/C20H28O4/c1-12(2)17-11-18(22)14(4)7-5-6-13(3)8-16(21)9-15-10-19(17)24-20(15)23/h7,10,12-13,17,19H,5-6,8-9,11H2,1-4H3/b14-7-/t13-,17-,19-/m1/s1. The largest absolute Gasteiger partial charge is 0.454 e. The van der Waals surface area contributed by atoms with Gasteiger partial charge < -0.3 is 4.74 Å². The van der Waals surface area contributed by atoms with Crippen LogP contribution in [0.25, 0.3) is 0 Å². The third-order valence-corrected chi connectivity index (χ3v) is 5.08. The van der Waals surface area contributed by atoms with Crippen LogP contribution in [0.15, 0.2) is 23.3 Å². The van der Waals surface area contributed by atoms with Gasteiger partial charge in [-0.2, -0.15) is 0 Å². The Hall–Kier alpha value is -1.71. The summed E-state index contributed by atoms with van der Waals surface area (Å²) in [5, 5.41) is 0. The normalized spacial score (nSPS) is 32.0. The molecule has 2 aliphatic rings. The van der Waals surface area contributed by atoms with E-state index in [4.69, 9.17) is 4.74 Å². The Labute approximate surface area is 144 Å². The van der Waals surface area contributed by atoms with E-state index in [1.807, 2.05) is 33.8 Å². The molecule has 24 heavy (non-hydrogen) atoms. The average Bonchev–Trinajstić information content (AvgIpc) is 2.83. The maximum Gasteiger partial charge on any atom is 0.334 e. The highest BCUT2D eigenvalue weighted by molar-refractivity contribution is 5.98. The van der Waals surface area contributed by atoms with Crippen LogP contribution in [0.4, 0.5) is 0 Å². The lowest BCUT2D eigenvalue weighted by atomic mass is 9.83. The molecule has 2 rings (SSSR count). The van der Waals surface area contributed by atoms with E-state index in [1.165, 1.54) is 0 Å². The van der Waals surface area contributed by atoms with E-state index >= 15 is 0 Å². The number of ether oxygens (including phenoxy) is 1. The molecule has 0 aromatic heterocycles. The zero-order valence-electron chi connectivity index (χ0n) is 15.1. The van der Waals surface area contributed by atoms with E-state index < -0.39 is 12.1 Å². The Kier molecular flexibility index (Phi) is 6.14. The second kappa shape index (κ2) is 7.91. The number of carbonyl (C=O) groups excluding carboxylic acids is 3. The summed E-state index contributed by atoms with van der Waals surface area (Å²) >= 11 is 0. The zero-order chi connectivity index (χ0) is 17.9. The van der Waals surface area contributed by atoms with Crippen molar-refractivity contribution < 1.29 is 19.1 Å². The van der Waals surface area contributed by atoms with Gasteiger partial charge in [0.05, 0.1) is 0 Å². The van der Waals surface area contributed by atoms with Crippen LogP contribution in [-0.2, 0) is 19.1 Å². The number of esters is 1. The topological polar surface area (TPSA) is 60.4 Å². The Morgan fingerprint density at radius 3 is 2.54 bits per heavy atom. The number of rotatable bonds is 1. The van der Waals surface area contributed by atoms with Crippen LogP contribution in [0.1, 0.15) is 59.8 Å². The molecule has 4 heteroatoms. The third-order valence-electron chi connectivity index (χ3n) is 5.08. The summed E-state index contributed by atoms with van der Waals surface area (Å²) in [6.07, 6.45) is 6.00. The van der Waals surface area contributed by atoms with Crippen molar-refractivity contribution in [1.29, 1.82) is 0 Å². The monoisotopic (exact) mass is 332 g/mol. The number of fused-ring (bicyclic) bond motifs is 1. The molecule has 4 nitrogen and oxygen atoms in total. The lowest BCUT2D eigenvalue weighted by Crippen LogP contribution is -2.28. The summed E-state index contributed by atoms with van der Waals surface area (Å²) in [6.45, 7) is 7.95. The van der Waals surface area contributed by atoms with Crippen molar-refractivity contribution in [2.45, 2.75) is 65.9 Å². The molecule has 1 heterocycles. The summed E-state index contributed by atoms with van der Waals surface area (Å²) in [4.78, 5) is 36.8. The minimum absolute atomic E-state index is 0.0562. The van der Waals surface area contributed by atoms with Crippen molar-refractivity contribution in [2.24, 2.45) is 17.8 Å². The first kappa shape index (κ1) is 18.6. The Balaban J connectivity index is 2.29. The SMILES string of the molecule is C/C1=C/CC[C@@H](C)CC(=O)CC2=C[C@@H](OC2=O)[C@@H](C(C)C)CC1=O. The summed E-state index contributed by atoms with van der Waals surface area (Å²) in [6, 6.07) is 0. The van der Waals surface area contributed by atoms with Crippen molar-refractivity contribution >= 4 is 17.5 Å². The van der Waals surface area contributed by atoms with E-state index in [-0.39, 0.29) is 35.7 Å². The summed E-state index contributed by atoms with van der Waals surface area (Å²) in [5.41, 5.74) is 1.23. The van der Waals surface area contributed by atoms with Gasteiger partial charge in [-0.15, -0.1) is 0 Å². The first-order chi connectivity index (χ1) is 11.3. The minimum atomic E-state index is -0.405. The minimum Gasteiger partial charge on any atom is -0.454 e. The molecule has 0 spiro atoms. The van der Waals surface area contributed by atoms with Crippen LogP contribution < -0.4 is 0 Å². The molecular weight excluding hydrogens is 304 g/mol. The van der Waals surface area contributed by atoms with Crippen LogP contribution in [-0.4, -0.2) is 23.6 Å². The first-order valence-electron chi connectivity index (χ1n) is 8.91. The molecule has 132 valence electrons. The fourth-order valence-corrected chi connectivity index (χ4v) is 3.42. The lowest BCUT2D eigenvalue weighted by molar-refractivity contribution is -0.143. The van der Waals surface area contributed by atoms with Gasteiger partial charge in [0.2, 0.25) is 0 Å². The Bertz CT molecular complexity index is 582. The van der Waals surface area contributed by atoms with E-state index in [0.717, 1.165) is 18.4 Å². The second-order valence-electron chi connectivity index (χ2n) is 7.59. The van der Waals surface area contributed by atoms with E-state index in [2.05, 4.69) is 0 Å². The third kappa shape index (κ3) is 4.65. The average molecular weight is 332 g/mol. The van der Waals surface area contributed by atoms with Gasteiger partial charge in [-0.25, -0.2) is 4.79 Å². The summed E-state index contributed by atoms with van der Waals surface area (Å²) < 4.78 is 5.48. The number of ketones is 2. The molecule has 1 aliphatic carbocycles. The molecule has 0 aromatic rings. The molecule has 0 aromatic carbocycles. The van der Waals surface area contributed by atoms with Crippen molar-refractivity contribution in [1.82, 2.24) is 0 Å². The molecule has 0 fully saturated rings. The van der Waals surface area contributed by atoms with E-state index in [0.29, 0.717) is 18.4 Å². The highest BCUT2D eigenvalue weighted by Gasteiger charge is 2.35. The van der Waals surface area contributed by atoms with Crippen LogP contribution in [0.2, 0.25) is 0 Å². The molecule has 0 radical (unpaired) electrons. The maximum atomic E-state index is 12.5. The highest BCUT2D eigenvalue weighted by atomic mass is 16.5. The summed E-state index contributed by atoms with van der Waals surface area (Å²) in [7, 11) is 0. The quantitative estimate of drug-likeness (QED) is 0.685. The zero-order valence-corrected chi connectivity index (χ0v) is 15.1.